The molecular formula is C25H22N2O6. The second kappa shape index (κ2) is 9.12. The molecule has 0 aliphatic carbocycles. The van der Waals surface area contributed by atoms with Gasteiger partial charge in [0.05, 0.1) is 37.1 Å². The van der Waals surface area contributed by atoms with Crippen LogP contribution in [-0.2, 0) is 14.3 Å². The van der Waals surface area contributed by atoms with Crippen molar-refractivity contribution >= 4 is 29.4 Å². The molecule has 8 nitrogen and oxygen atoms in total. The largest absolute Gasteiger partial charge is 0.465 e. The van der Waals surface area contributed by atoms with Gasteiger partial charge in [-0.3, -0.25) is 14.4 Å². The van der Waals surface area contributed by atoms with Gasteiger partial charge in [-0.05, 0) is 48.9 Å². The van der Waals surface area contributed by atoms with Gasteiger partial charge in [-0.2, -0.15) is 0 Å². The Hall–Kier alpha value is -4.20. The second-order valence-electron chi connectivity index (χ2n) is 7.60. The predicted octanol–water partition coefficient (Wildman–Crippen LogP) is 3.60. The number of esters is 1. The van der Waals surface area contributed by atoms with Crippen LogP contribution in [0, 0.1) is 0 Å². The lowest BCUT2D eigenvalue weighted by Crippen LogP contribution is -2.46. The third-order valence-electron chi connectivity index (χ3n) is 5.67. The maximum absolute atomic E-state index is 13.4. The number of carbonyl (C=O) groups excluding carboxylic acids is 4. The monoisotopic (exact) mass is 446 g/mol. The molecule has 0 spiro atoms. The molecule has 0 bridgehead atoms. The lowest BCUT2D eigenvalue weighted by molar-refractivity contribution is -0.123. The third kappa shape index (κ3) is 4.15. The van der Waals surface area contributed by atoms with Gasteiger partial charge in [0.15, 0.2) is 5.76 Å². The number of anilines is 1. The van der Waals surface area contributed by atoms with Crippen LogP contribution in [0.15, 0.2) is 77.4 Å². The molecular weight excluding hydrogens is 424 g/mol. The fourth-order valence-electron chi connectivity index (χ4n) is 3.98. The Kier molecular flexibility index (Phi) is 6.08. The number of benzene rings is 2. The van der Waals surface area contributed by atoms with Gasteiger partial charge < -0.3 is 14.1 Å². The highest BCUT2D eigenvalue weighted by molar-refractivity contribution is 6.23. The molecule has 0 N–H and O–H groups in total. The van der Waals surface area contributed by atoms with E-state index in [9.17, 15) is 19.2 Å². The molecule has 1 aliphatic heterocycles. The van der Waals surface area contributed by atoms with Crippen molar-refractivity contribution < 1.29 is 28.3 Å². The molecule has 2 aromatic carbocycles. The molecule has 1 saturated heterocycles. The van der Waals surface area contributed by atoms with Gasteiger partial charge in [-0.15, -0.1) is 0 Å². The minimum absolute atomic E-state index is 0.0823. The first-order valence-corrected chi connectivity index (χ1v) is 10.4. The summed E-state index contributed by atoms with van der Waals surface area (Å²) in [4.78, 5) is 53.8. The first-order chi connectivity index (χ1) is 15.9. The number of imide groups is 1. The number of amides is 3. The SMILES string of the molecule is COC(=O)c1ccc(N2C(=O)CC(N(C(=O)c3ccco3)C(C)c3ccccc3)C2=O)cc1. The maximum atomic E-state index is 13.4. The van der Waals surface area contributed by atoms with Crippen LogP contribution in [0.25, 0.3) is 0 Å². The number of hydrogen-bond donors (Lipinski definition) is 0. The Morgan fingerprint density at radius 1 is 1.03 bits per heavy atom. The predicted molar refractivity (Wildman–Crippen MR) is 118 cm³/mol. The molecule has 2 heterocycles. The average Bonchev–Trinajstić information content (AvgIpc) is 3.48. The van der Waals surface area contributed by atoms with E-state index in [4.69, 9.17) is 4.42 Å². The summed E-state index contributed by atoms with van der Waals surface area (Å²) in [5.41, 5.74) is 1.43. The quantitative estimate of drug-likeness (QED) is 0.424. The number of ether oxygens (including phenoxy) is 1. The topological polar surface area (TPSA) is 97.1 Å². The van der Waals surface area contributed by atoms with Crippen molar-refractivity contribution in [1.82, 2.24) is 4.90 Å². The van der Waals surface area contributed by atoms with Crippen LogP contribution in [-0.4, -0.2) is 41.7 Å². The Morgan fingerprint density at radius 2 is 1.73 bits per heavy atom. The van der Waals surface area contributed by atoms with Crippen LogP contribution in [0.1, 0.15) is 45.9 Å². The second-order valence-corrected chi connectivity index (χ2v) is 7.60. The summed E-state index contributed by atoms with van der Waals surface area (Å²) in [5, 5.41) is 0. The molecule has 4 rings (SSSR count). The Balaban J connectivity index is 1.68. The summed E-state index contributed by atoms with van der Waals surface area (Å²) in [6.45, 7) is 1.81. The Bertz CT molecular complexity index is 1170. The zero-order chi connectivity index (χ0) is 23.5. The van der Waals surface area contributed by atoms with E-state index in [0.29, 0.717) is 11.3 Å². The molecule has 3 aromatic rings. The van der Waals surface area contributed by atoms with Crippen LogP contribution in [0.2, 0.25) is 0 Å². The first-order valence-electron chi connectivity index (χ1n) is 10.4. The summed E-state index contributed by atoms with van der Waals surface area (Å²) < 4.78 is 9.98. The van der Waals surface area contributed by atoms with Crippen molar-refractivity contribution in [3.63, 3.8) is 0 Å². The highest BCUT2D eigenvalue weighted by Gasteiger charge is 2.46. The van der Waals surface area contributed by atoms with Crippen molar-refractivity contribution in [3.05, 3.63) is 89.9 Å². The molecule has 0 saturated carbocycles. The van der Waals surface area contributed by atoms with Gasteiger partial charge in [0, 0.05) is 0 Å². The molecule has 1 aromatic heterocycles. The van der Waals surface area contributed by atoms with E-state index < -0.39 is 35.8 Å². The fourth-order valence-corrected chi connectivity index (χ4v) is 3.98. The standard InChI is InChI=1S/C25H22N2O6/c1-16(17-7-4-3-5-8-17)26(24(30)21-9-6-14-33-21)20-15-22(28)27(23(20)29)19-12-10-18(11-13-19)25(31)32-2/h3-14,16,20H,15H2,1-2H3. The number of rotatable bonds is 6. The summed E-state index contributed by atoms with van der Waals surface area (Å²) in [6, 6.07) is 16.9. The van der Waals surface area contributed by atoms with E-state index in [-0.39, 0.29) is 12.2 Å². The van der Waals surface area contributed by atoms with Crippen LogP contribution < -0.4 is 4.90 Å². The maximum Gasteiger partial charge on any atom is 0.337 e. The number of nitrogens with zero attached hydrogens (tertiary/aromatic N) is 2. The molecule has 1 aliphatic rings. The van der Waals surface area contributed by atoms with Crippen LogP contribution >= 0.6 is 0 Å². The van der Waals surface area contributed by atoms with Crippen molar-refractivity contribution in [2.75, 3.05) is 12.0 Å². The molecule has 33 heavy (non-hydrogen) atoms. The normalized spacial score (nSPS) is 16.5. The van der Waals surface area contributed by atoms with Gasteiger partial charge in [-0.1, -0.05) is 30.3 Å². The number of furan rings is 1. The number of methoxy groups -OCH3 is 1. The van der Waals surface area contributed by atoms with E-state index in [1.165, 1.54) is 48.6 Å². The summed E-state index contributed by atoms with van der Waals surface area (Å²) in [7, 11) is 1.27. The highest BCUT2D eigenvalue weighted by atomic mass is 16.5. The summed E-state index contributed by atoms with van der Waals surface area (Å²) >= 11 is 0. The molecule has 0 radical (unpaired) electrons. The van der Waals surface area contributed by atoms with Crippen LogP contribution in [0.4, 0.5) is 5.69 Å². The van der Waals surface area contributed by atoms with Gasteiger partial charge in [0.25, 0.3) is 11.8 Å². The van der Waals surface area contributed by atoms with Gasteiger partial charge in [0.2, 0.25) is 5.91 Å². The molecule has 168 valence electrons. The minimum atomic E-state index is -1.01. The average molecular weight is 446 g/mol. The summed E-state index contributed by atoms with van der Waals surface area (Å²) in [6.07, 6.45) is 1.22. The third-order valence-corrected chi connectivity index (χ3v) is 5.67. The molecule has 8 heteroatoms. The van der Waals surface area contributed by atoms with Gasteiger partial charge in [0.1, 0.15) is 6.04 Å². The molecule has 3 amide bonds. The fraction of sp³-hybridized carbons (Fsp3) is 0.200. The lowest BCUT2D eigenvalue weighted by atomic mass is 10.0. The highest BCUT2D eigenvalue weighted by Crippen LogP contribution is 2.32. The lowest BCUT2D eigenvalue weighted by Gasteiger charge is -2.33. The van der Waals surface area contributed by atoms with Gasteiger partial charge >= 0.3 is 5.97 Å². The Morgan fingerprint density at radius 3 is 2.33 bits per heavy atom. The zero-order valence-corrected chi connectivity index (χ0v) is 18.1. The van der Waals surface area contributed by atoms with E-state index in [1.54, 1.807) is 6.07 Å². The van der Waals surface area contributed by atoms with E-state index in [0.717, 1.165) is 10.5 Å². The molecule has 2 atom stereocenters. The molecule has 1 fully saturated rings. The Labute approximate surface area is 190 Å². The summed E-state index contributed by atoms with van der Waals surface area (Å²) in [5.74, 6) is -1.88. The van der Waals surface area contributed by atoms with Crippen molar-refractivity contribution in [2.24, 2.45) is 0 Å². The number of carbonyl (C=O) groups is 4. The van der Waals surface area contributed by atoms with Crippen molar-refractivity contribution in [1.29, 1.82) is 0 Å². The van der Waals surface area contributed by atoms with E-state index >= 15 is 0 Å². The smallest absolute Gasteiger partial charge is 0.337 e. The van der Waals surface area contributed by atoms with Crippen LogP contribution in [0.5, 0.6) is 0 Å². The van der Waals surface area contributed by atoms with Gasteiger partial charge in [-0.25, -0.2) is 9.69 Å². The van der Waals surface area contributed by atoms with E-state index in [2.05, 4.69) is 4.74 Å². The van der Waals surface area contributed by atoms with Crippen molar-refractivity contribution in [3.8, 4) is 0 Å². The van der Waals surface area contributed by atoms with E-state index in [1.807, 2.05) is 37.3 Å². The van der Waals surface area contributed by atoms with Crippen LogP contribution in [0.3, 0.4) is 0 Å². The molecule has 2 unspecified atom stereocenters. The van der Waals surface area contributed by atoms with Crippen molar-refractivity contribution in [2.45, 2.75) is 25.4 Å². The minimum Gasteiger partial charge on any atom is -0.465 e. The first kappa shape index (κ1) is 22.0. The zero-order valence-electron chi connectivity index (χ0n) is 18.1. The number of hydrogen-bond acceptors (Lipinski definition) is 6.